The molecule has 0 spiro atoms. The Morgan fingerprint density at radius 3 is 2.80 bits per heavy atom. The molecule has 2 N–H and O–H groups in total. The van der Waals surface area contributed by atoms with Gasteiger partial charge in [0.1, 0.15) is 5.82 Å². The molecule has 1 aromatic heterocycles. The number of rotatable bonds is 5. The smallest absolute Gasteiger partial charge is 0.341 e. The number of methoxy groups -OCH3 is 1. The lowest BCUT2D eigenvalue weighted by molar-refractivity contribution is -0.139. The number of halogens is 1. The molecule has 128 valence electrons. The molecule has 2 aromatic carbocycles. The Kier molecular flexibility index (Phi) is 4.71. The van der Waals surface area contributed by atoms with Crippen molar-refractivity contribution >= 4 is 32.8 Å². The summed E-state index contributed by atoms with van der Waals surface area (Å²) in [5.74, 6) is -0.149. The number of aromatic amines is 1. The lowest BCUT2D eigenvalue weighted by Gasteiger charge is -2.13. The third kappa shape index (κ3) is 3.48. The van der Waals surface area contributed by atoms with E-state index in [1.807, 2.05) is 0 Å². The average Bonchev–Trinajstić information content (AvgIpc) is 2.59. The number of benzene rings is 2. The van der Waals surface area contributed by atoms with E-state index in [0.29, 0.717) is 32.5 Å². The van der Waals surface area contributed by atoms with Gasteiger partial charge in [0.15, 0.2) is 18.1 Å². The molecule has 1 heterocycles. The highest BCUT2D eigenvalue weighted by Gasteiger charge is 2.15. The molecule has 0 saturated carbocycles. The summed E-state index contributed by atoms with van der Waals surface area (Å²) >= 11 is 3.34. The minimum atomic E-state index is -1.10. The normalized spacial score (nSPS) is 10.6. The van der Waals surface area contributed by atoms with Crippen LogP contribution in [0.2, 0.25) is 0 Å². The zero-order chi connectivity index (χ0) is 18.0. The fourth-order valence-corrected chi connectivity index (χ4v) is 2.91. The minimum absolute atomic E-state index is 0.248. The second-order valence-corrected chi connectivity index (χ2v) is 5.96. The first-order valence-corrected chi connectivity index (χ1v) is 8.00. The van der Waals surface area contributed by atoms with Gasteiger partial charge in [0, 0.05) is 5.56 Å². The van der Waals surface area contributed by atoms with Crippen molar-refractivity contribution in [3.8, 4) is 22.9 Å². The number of hydrogen-bond donors (Lipinski definition) is 2. The van der Waals surface area contributed by atoms with E-state index >= 15 is 0 Å². The van der Waals surface area contributed by atoms with Gasteiger partial charge in [-0.15, -0.1) is 0 Å². The van der Waals surface area contributed by atoms with Gasteiger partial charge in [0.2, 0.25) is 0 Å². The van der Waals surface area contributed by atoms with Crippen molar-refractivity contribution in [2.75, 3.05) is 13.7 Å². The number of carboxylic acid groups (broad SMARTS) is 1. The van der Waals surface area contributed by atoms with Crippen LogP contribution in [0.4, 0.5) is 0 Å². The summed E-state index contributed by atoms with van der Waals surface area (Å²) in [5, 5.41) is 9.26. The Bertz CT molecular complexity index is 1020. The first kappa shape index (κ1) is 17.0. The van der Waals surface area contributed by atoms with E-state index < -0.39 is 12.6 Å². The van der Waals surface area contributed by atoms with Crippen molar-refractivity contribution in [2.24, 2.45) is 0 Å². The first-order valence-electron chi connectivity index (χ1n) is 7.21. The Morgan fingerprint density at radius 1 is 1.32 bits per heavy atom. The van der Waals surface area contributed by atoms with Crippen LogP contribution in [0.1, 0.15) is 0 Å². The van der Waals surface area contributed by atoms with Crippen LogP contribution in [0.5, 0.6) is 11.5 Å². The number of para-hydroxylation sites is 1. The zero-order valence-corrected chi connectivity index (χ0v) is 14.7. The molecule has 0 saturated heterocycles. The molecule has 0 atom stereocenters. The van der Waals surface area contributed by atoms with E-state index in [1.165, 1.54) is 7.11 Å². The summed E-state index contributed by atoms with van der Waals surface area (Å²) in [7, 11) is 1.44. The number of H-pyrrole nitrogens is 1. The monoisotopic (exact) mass is 404 g/mol. The fraction of sp³-hybridized carbons (Fsp3) is 0.118. The number of fused-ring (bicyclic) bond motifs is 1. The van der Waals surface area contributed by atoms with Crippen LogP contribution in [-0.2, 0) is 4.79 Å². The summed E-state index contributed by atoms with van der Waals surface area (Å²) in [6, 6.07) is 10.3. The van der Waals surface area contributed by atoms with Crippen LogP contribution in [-0.4, -0.2) is 34.8 Å². The summed E-state index contributed by atoms with van der Waals surface area (Å²) in [5.41, 5.74) is 0.915. The number of carboxylic acids is 1. The lowest BCUT2D eigenvalue weighted by atomic mass is 10.1. The van der Waals surface area contributed by atoms with E-state index in [0.717, 1.165) is 0 Å². The van der Waals surface area contributed by atoms with Gasteiger partial charge < -0.3 is 19.6 Å². The topological polar surface area (TPSA) is 102 Å². The molecule has 0 bridgehead atoms. The number of hydrogen-bond acceptors (Lipinski definition) is 5. The Hall–Kier alpha value is -2.87. The van der Waals surface area contributed by atoms with Crippen LogP contribution in [0, 0.1) is 0 Å². The van der Waals surface area contributed by atoms with Gasteiger partial charge in [-0.05, 0) is 40.2 Å². The van der Waals surface area contributed by atoms with Gasteiger partial charge in [0.05, 0.1) is 22.5 Å². The zero-order valence-electron chi connectivity index (χ0n) is 13.1. The Balaban J connectivity index is 2.10. The fourth-order valence-electron chi connectivity index (χ4n) is 2.35. The number of nitrogens with zero attached hydrogens (tertiary/aromatic N) is 1. The SMILES string of the molecule is COc1cc(-c2nc3ccccc3c(=O)[nH]2)cc(Br)c1OCC(=O)O. The second-order valence-electron chi connectivity index (χ2n) is 5.10. The molecule has 0 unspecified atom stereocenters. The van der Waals surface area contributed by atoms with Crippen molar-refractivity contribution < 1.29 is 19.4 Å². The van der Waals surface area contributed by atoms with Crippen molar-refractivity contribution in [3.05, 3.63) is 51.2 Å². The van der Waals surface area contributed by atoms with Crippen molar-refractivity contribution in [1.82, 2.24) is 9.97 Å². The molecule has 0 aliphatic heterocycles. The van der Waals surface area contributed by atoms with Gasteiger partial charge in [0.25, 0.3) is 5.56 Å². The lowest BCUT2D eigenvalue weighted by Crippen LogP contribution is -2.11. The van der Waals surface area contributed by atoms with E-state index in [9.17, 15) is 9.59 Å². The molecule has 0 aliphatic rings. The molecule has 8 heteroatoms. The maximum atomic E-state index is 12.2. The van der Waals surface area contributed by atoms with Gasteiger partial charge >= 0.3 is 5.97 Å². The summed E-state index contributed by atoms with van der Waals surface area (Å²) in [6.07, 6.45) is 0. The number of carbonyl (C=O) groups is 1. The van der Waals surface area contributed by atoms with Gasteiger partial charge in [-0.25, -0.2) is 9.78 Å². The van der Waals surface area contributed by atoms with Crippen molar-refractivity contribution in [2.45, 2.75) is 0 Å². The van der Waals surface area contributed by atoms with Crippen molar-refractivity contribution in [1.29, 1.82) is 0 Å². The highest BCUT2D eigenvalue weighted by Crippen LogP contribution is 2.39. The van der Waals surface area contributed by atoms with Crippen LogP contribution in [0.3, 0.4) is 0 Å². The first-order chi connectivity index (χ1) is 12.0. The number of aromatic nitrogens is 2. The van der Waals surface area contributed by atoms with E-state index in [-0.39, 0.29) is 11.3 Å². The number of nitrogens with one attached hydrogen (secondary N) is 1. The molecule has 25 heavy (non-hydrogen) atoms. The van der Waals surface area contributed by atoms with E-state index in [4.69, 9.17) is 14.6 Å². The molecule has 7 nitrogen and oxygen atoms in total. The maximum Gasteiger partial charge on any atom is 0.341 e. The van der Waals surface area contributed by atoms with Crippen LogP contribution in [0.15, 0.2) is 45.7 Å². The third-order valence-corrected chi connectivity index (χ3v) is 4.04. The molecular formula is C17H13BrN2O5. The van der Waals surface area contributed by atoms with E-state index in [1.54, 1.807) is 36.4 Å². The molecule has 3 rings (SSSR count). The predicted molar refractivity (Wildman–Crippen MR) is 95.2 cm³/mol. The highest BCUT2D eigenvalue weighted by atomic mass is 79.9. The Morgan fingerprint density at radius 2 is 2.08 bits per heavy atom. The summed E-state index contributed by atoms with van der Waals surface area (Å²) in [4.78, 5) is 30.1. The van der Waals surface area contributed by atoms with Crippen molar-refractivity contribution in [3.63, 3.8) is 0 Å². The van der Waals surface area contributed by atoms with Gasteiger partial charge in [-0.3, -0.25) is 4.79 Å². The summed E-state index contributed by atoms with van der Waals surface area (Å²) in [6.45, 7) is -0.501. The minimum Gasteiger partial charge on any atom is -0.493 e. The quantitative estimate of drug-likeness (QED) is 0.677. The maximum absolute atomic E-state index is 12.2. The summed E-state index contributed by atoms with van der Waals surface area (Å²) < 4.78 is 11.0. The molecule has 0 fully saturated rings. The second kappa shape index (κ2) is 6.94. The molecular weight excluding hydrogens is 392 g/mol. The number of ether oxygens (including phenoxy) is 2. The van der Waals surface area contributed by atoms with Gasteiger partial charge in [-0.2, -0.15) is 0 Å². The van der Waals surface area contributed by atoms with Crippen LogP contribution < -0.4 is 15.0 Å². The van der Waals surface area contributed by atoms with E-state index in [2.05, 4.69) is 25.9 Å². The standard InChI is InChI=1S/C17H13BrN2O5/c1-24-13-7-9(6-11(18)15(13)25-8-14(21)22)16-19-12-5-3-2-4-10(12)17(23)20-16/h2-7H,8H2,1H3,(H,21,22)(H,19,20,23). The molecule has 3 aromatic rings. The third-order valence-electron chi connectivity index (χ3n) is 3.46. The number of aliphatic carboxylic acids is 1. The molecule has 0 radical (unpaired) electrons. The van der Waals surface area contributed by atoms with Crippen LogP contribution >= 0.6 is 15.9 Å². The van der Waals surface area contributed by atoms with Crippen LogP contribution in [0.25, 0.3) is 22.3 Å². The molecule has 0 aliphatic carbocycles. The Labute approximate surface area is 150 Å². The molecule has 0 amide bonds. The predicted octanol–water partition coefficient (Wildman–Crippen LogP) is 2.82. The largest absolute Gasteiger partial charge is 0.493 e. The highest BCUT2D eigenvalue weighted by molar-refractivity contribution is 9.10. The van der Waals surface area contributed by atoms with Gasteiger partial charge in [-0.1, -0.05) is 12.1 Å². The average molecular weight is 405 g/mol.